The molecule has 0 aliphatic rings. The van der Waals surface area contributed by atoms with Gasteiger partial charge in [0.15, 0.2) is 0 Å². The minimum Gasteiger partial charge on any atom is -0.491 e. The molecule has 0 amide bonds. The molecule has 5 heteroatoms. The summed E-state index contributed by atoms with van der Waals surface area (Å²) in [6, 6.07) is 10.8. The summed E-state index contributed by atoms with van der Waals surface area (Å²) in [5, 5.41) is 13.7. The molecule has 1 unspecified atom stereocenters. The van der Waals surface area contributed by atoms with E-state index in [4.69, 9.17) is 20.8 Å². The lowest BCUT2D eigenvalue weighted by Gasteiger charge is -2.16. The number of nitrogens with one attached hydrogen (secondary N) is 1. The molecule has 2 atom stereocenters. The Morgan fingerprint density at radius 3 is 2.70 bits per heavy atom. The Hall–Kier alpha value is -1.49. The summed E-state index contributed by atoms with van der Waals surface area (Å²) in [5.74, 6) is 1.53. The smallest absolute Gasteiger partial charge is 0.120 e. The van der Waals surface area contributed by atoms with Crippen LogP contribution in [-0.2, 0) is 0 Å². The molecule has 2 N–H and O–H groups in total. The molecule has 20 heavy (non-hydrogen) atoms. The molecule has 108 valence electrons. The number of rotatable bonds is 7. The summed E-state index contributed by atoms with van der Waals surface area (Å²) >= 11 is 5.78. The van der Waals surface area contributed by atoms with Crippen LogP contribution in [-0.4, -0.2) is 24.4 Å². The molecule has 0 aliphatic carbocycles. The Kier molecular flexibility index (Phi) is 5.47. The van der Waals surface area contributed by atoms with E-state index in [1.807, 2.05) is 19.1 Å². The SMILES string of the molecule is C[C@H](NCC(O)COc1ccc(Cl)cc1)c1ccco1. The lowest BCUT2D eigenvalue weighted by atomic mass is 10.2. The van der Waals surface area contributed by atoms with Crippen molar-refractivity contribution in [2.45, 2.75) is 19.1 Å². The summed E-state index contributed by atoms with van der Waals surface area (Å²) in [4.78, 5) is 0. The van der Waals surface area contributed by atoms with Crippen LogP contribution in [0.25, 0.3) is 0 Å². The first kappa shape index (κ1) is 14.9. The second-order valence-electron chi connectivity index (χ2n) is 4.56. The molecule has 0 radical (unpaired) electrons. The maximum atomic E-state index is 9.87. The zero-order chi connectivity index (χ0) is 14.4. The topological polar surface area (TPSA) is 54.6 Å². The van der Waals surface area contributed by atoms with E-state index in [0.29, 0.717) is 17.3 Å². The highest BCUT2D eigenvalue weighted by Gasteiger charge is 2.11. The number of furan rings is 1. The van der Waals surface area contributed by atoms with Gasteiger partial charge in [-0.2, -0.15) is 0 Å². The zero-order valence-corrected chi connectivity index (χ0v) is 12.0. The average Bonchev–Trinajstić information content (AvgIpc) is 2.98. The molecule has 1 aromatic heterocycles. The second kappa shape index (κ2) is 7.33. The number of hydrogen-bond acceptors (Lipinski definition) is 4. The van der Waals surface area contributed by atoms with Crippen LogP contribution in [0.3, 0.4) is 0 Å². The predicted octanol–water partition coefficient (Wildman–Crippen LogP) is 3.02. The maximum absolute atomic E-state index is 9.87. The first-order valence-corrected chi connectivity index (χ1v) is 6.86. The second-order valence-corrected chi connectivity index (χ2v) is 5.00. The van der Waals surface area contributed by atoms with Crippen LogP contribution in [0.5, 0.6) is 5.75 Å². The van der Waals surface area contributed by atoms with E-state index < -0.39 is 6.10 Å². The number of halogens is 1. The van der Waals surface area contributed by atoms with Gasteiger partial charge in [-0.15, -0.1) is 0 Å². The van der Waals surface area contributed by atoms with Gasteiger partial charge in [-0.05, 0) is 43.3 Å². The Balaban J connectivity index is 1.70. The van der Waals surface area contributed by atoms with Crippen LogP contribution in [0.15, 0.2) is 47.1 Å². The molecule has 4 nitrogen and oxygen atoms in total. The van der Waals surface area contributed by atoms with E-state index in [1.165, 1.54) is 0 Å². The summed E-state index contributed by atoms with van der Waals surface area (Å²) in [7, 11) is 0. The standard InChI is InChI=1S/C15H18ClNO3/c1-11(15-3-2-8-19-15)17-9-13(18)10-20-14-6-4-12(16)5-7-14/h2-8,11,13,17-18H,9-10H2,1H3/t11-,13?/m0/s1. The van der Waals surface area contributed by atoms with Gasteiger partial charge >= 0.3 is 0 Å². The van der Waals surface area contributed by atoms with Crippen molar-refractivity contribution in [3.63, 3.8) is 0 Å². The largest absolute Gasteiger partial charge is 0.491 e. The Morgan fingerprint density at radius 2 is 2.05 bits per heavy atom. The molecule has 2 rings (SSSR count). The van der Waals surface area contributed by atoms with E-state index in [-0.39, 0.29) is 12.6 Å². The maximum Gasteiger partial charge on any atom is 0.120 e. The molecule has 1 heterocycles. The van der Waals surface area contributed by atoms with Crippen LogP contribution in [0.4, 0.5) is 0 Å². The molecule has 1 aromatic carbocycles. The van der Waals surface area contributed by atoms with Crippen molar-refractivity contribution in [1.82, 2.24) is 5.32 Å². The van der Waals surface area contributed by atoms with E-state index in [0.717, 1.165) is 5.76 Å². The monoisotopic (exact) mass is 295 g/mol. The van der Waals surface area contributed by atoms with E-state index in [2.05, 4.69) is 5.32 Å². The highest BCUT2D eigenvalue weighted by atomic mass is 35.5. The quantitative estimate of drug-likeness (QED) is 0.824. The van der Waals surface area contributed by atoms with Crippen LogP contribution < -0.4 is 10.1 Å². The minimum absolute atomic E-state index is 0.0511. The van der Waals surface area contributed by atoms with Crippen LogP contribution in [0.1, 0.15) is 18.7 Å². The summed E-state index contributed by atoms with van der Waals surface area (Å²) in [5.41, 5.74) is 0. The van der Waals surface area contributed by atoms with E-state index in [1.54, 1.807) is 30.5 Å². The highest BCUT2D eigenvalue weighted by Crippen LogP contribution is 2.16. The average molecular weight is 296 g/mol. The van der Waals surface area contributed by atoms with Crippen molar-refractivity contribution in [2.24, 2.45) is 0 Å². The van der Waals surface area contributed by atoms with Gasteiger partial charge in [-0.3, -0.25) is 0 Å². The molecule has 0 saturated heterocycles. The van der Waals surface area contributed by atoms with Gasteiger partial charge in [-0.1, -0.05) is 11.6 Å². The number of ether oxygens (including phenoxy) is 1. The van der Waals surface area contributed by atoms with Crippen LogP contribution >= 0.6 is 11.6 Å². The molecule has 0 spiro atoms. The Labute approximate surface area is 123 Å². The lowest BCUT2D eigenvalue weighted by molar-refractivity contribution is 0.103. The van der Waals surface area contributed by atoms with Gasteiger partial charge in [0.05, 0.1) is 12.3 Å². The number of hydrogen-bond donors (Lipinski definition) is 2. The van der Waals surface area contributed by atoms with Gasteiger partial charge < -0.3 is 19.6 Å². The van der Waals surface area contributed by atoms with Gasteiger partial charge in [0.2, 0.25) is 0 Å². The van der Waals surface area contributed by atoms with Crippen LogP contribution in [0.2, 0.25) is 5.02 Å². The molecule has 2 aromatic rings. The fraction of sp³-hybridized carbons (Fsp3) is 0.333. The van der Waals surface area contributed by atoms with Crippen LogP contribution in [0, 0.1) is 0 Å². The van der Waals surface area contributed by atoms with E-state index in [9.17, 15) is 5.11 Å². The predicted molar refractivity (Wildman–Crippen MR) is 78.1 cm³/mol. The third-order valence-electron chi connectivity index (χ3n) is 2.89. The van der Waals surface area contributed by atoms with Crippen molar-refractivity contribution in [3.05, 3.63) is 53.4 Å². The normalized spacial score (nSPS) is 13.9. The van der Waals surface area contributed by atoms with Crippen molar-refractivity contribution >= 4 is 11.6 Å². The molecular weight excluding hydrogens is 278 g/mol. The summed E-state index contributed by atoms with van der Waals surface area (Å²) < 4.78 is 10.8. The molecule has 0 saturated carbocycles. The van der Waals surface area contributed by atoms with Crippen molar-refractivity contribution in [2.75, 3.05) is 13.2 Å². The summed E-state index contributed by atoms with van der Waals surface area (Å²) in [6.45, 7) is 2.63. The fourth-order valence-electron chi connectivity index (χ4n) is 1.73. The van der Waals surface area contributed by atoms with E-state index >= 15 is 0 Å². The number of aliphatic hydroxyl groups is 1. The van der Waals surface area contributed by atoms with Gasteiger partial charge in [-0.25, -0.2) is 0 Å². The van der Waals surface area contributed by atoms with Crippen molar-refractivity contribution < 1.29 is 14.3 Å². The lowest BCUT2D eigenvalue weighted by Crippen LogP contribution is -2.32. The minimum atomic E-state index is -0.594. The number of benzene rings is 1. The molecular formula is C15H18ClNO3. The third-order valence-corrected chi connectivity index (χ3v) is 3.14. The third kappa shape index (κ3) is 4.56. The van der Waals surface area contributed by atoms with Crippen molar-refractivity contribution in [1.29, 1.82) is 0 Å². The Bertz CT molecular complexity index is 498. The summed E-state index contributed by atoms with van der Waals surface area (Å²) in [6.07, 6.45) is 1.04. The zero-order valence-electron chi connectivity index (χ0n) is 11.3. The van der Waals surface area contributed by atoms with Gasteiger partial charge in [0.1, 0.15) is 24.2 Å². The van der Waals surface area contributed by atoms with Crippen molar-refractivity contribution in [3.8, 4) is 5.75 Å². The first-order valence-electron chi connectivity index (χ1n) is 6.48. The first-order chi connectivity index (χ1) is 9.65. The number of aliphatic hydroxyl groups excluding tert-OH is 1. The molecule has 0 bridgehead atoms. The van der Waals surface area contributed by atoms with Gasteiger partial charge in [0, 0.05) is 11.6 Å². The molecule has 0 fully saturated rings. The Morgan fingerprint density at radius 1 is 1.30 bits per heavy atom. The molecule has 0 aliphatic heterocycles. The highest BCUT2D eigenvalue weighted by molar-refractivity contribution is 6.30. The van der Waals surface area contributed by atoms with Gasteiger partial charge in [0.25, 0.3) is 0 Å². The fourth-order valence-corrected chi connectivity index (χ4v) is 1.86.